The zero-order chi connectivity index (χ0) is 9.97. The molecule has 0 N–H and O–H groups in total. The van der Waals surface area contributed by atoms with Crippen LogP contribution in [0.2, 0.25) is 0 Å². The van der Waals surface area contributed by atoms with Crippen LogP contribution in [-0.2, 0) is 5.33 Å². The van der Waals surface area contributed by atoms with E-state index in [-0.39, 0.29) is 0 Å². The standard InChI is InChI=1S/C10H11BrO3/c1-2-12-8-4-10-9(13-6-14-10)3-7(8)5-11/h3-4H,2,5-6H2,1H3. The molecule has 14 heavy (non-hydrogen) atoms. The lowest BCUT2D eigenvalue weighted by Crippen LogP contribution is -1.95. The molecule has 76 valence electrons. The van der Waals surface area contributed by atoms with Gasteiger partial charge in [0.05, 0.1) is 6.61 Å². The van der Waals surface area contributed by atoms with Crippen molar-refractivity contribution in [3.63, 3.8) is 0 Å². The Bertz CT molecular complexity index is 338. The number of fused-ring (bicyclic) bond motifs is 1. The van der Waals surface area contributed by atoms with Crippen molar-refractivity contribution in [2.24, 2.45) is 0 Å². The molecular weight excluding hydrogens is 248 g/mol. The van der Waals surface area contributed by atoms with Gasteiger partial charge in [-0.05, 0) is 13.0 Å². The summed E-state index contributed by atoms with van der Waals surface area (Å²) in [5.74, 6) is 2.41. The fourth-order valence-corrected chi connectivity index (χ4v) is 1.80. The second kappa shape index (κ2) is 4.09. The molecular formula is C10H11BrO3. The van der Waals surface area contributed by atoms with Crippen molar-refractivity contribution in [3.05, 3.63) is 17.7 Å². The quantitative estimate of drug-likeness (QED) is 0.781. The van der Waals surface area contributed by atoms with Crippen LogP contribution in [0.1, 0.15) is 12.5 Å². The highest BCUT2D eigenvalue weighted by molar-refractivity contribution is 9.08. The van der Waals surface area contributed by atoms with Crippen molar-refractivity contribution in [2.45, 2.75) is 12.3 Å². The first-order valence-electron chi connectivity index (χ1n) is 4.46. The summed E-state index contributed by atoms with van der Waals surface area (Å²) >= 11 is 3.41. The van der Waals surface area contributed by atoms with Gasteiger partial charge in [-0.15, -0.1) is 0 Å². The largest absolute Gasteiger partial charge is 0.493 e. The molecule has 0 fully saturated rings. The van der Waals surface area contributed by atoms with Gasteiger partial charge in [-0.2, -0.15) is 0 Å². The van der Waals surface area contributed by atoms with Gasteiger partial charge in [0.25, 0.3) is 0 Å². The maximum absolute atomic E-state index is 5.49. The van der Waals surface area contributed by atoms with Gasteiger partial charge in [0.15, 0.2) is 11.5 Å². The van der Waals surface area contributed by atoms with Crippen molar-refractivity contribution in [1.82, 2.24) is 0 Å². The van der Waals surface area contributed by atoms with Crippen LogP contribution in [0.4, 0.5) is 0 Å². The summed E-state index contributed by atoms with van der Waals surface area (Å²) in [6.07, 6.45) is 0. The molecule has 1 aromatic rings. The second-order valence-electron chi connectivity index (χ2n) is 2.88. The first-order chi connectivity index (χ1) is 6.85. The summed E-state index contributed by atoms with van der Waals surface area (Å²) in [4.78, 5) is 0. The summed E-state index contributed by atoms with van der Waals surface area (Å²) in [5, 5.41) is 0.749. The van der Waals surface area contributed by atoms with Gasteiger partial charge in [-0.3, -0.25) is 0 Å². The van der Waals surface area contributed by atoms with E-state index in [1.807, 2.05) is 19.1 Å². The molecule has 1 aromatic carbocycles. The topological polar surface area (TPSA) is 27.7 Å². The van der Waals surface area contributed by atoms with Gasteiger partial charge in [0, 0.05) is 17.0 Å². The summed E-state index contributed by atoms with van der Waals surface area (Å²) in [6, 6.07) is 3.82. The minimum absolute atomic E-state index is 0.298. The van der Waals surface area contributed by atoms with Crippen molar-refractivity contribution in [2.75, 3.05) is 13.4 Å². The molecule has 0 spiro atoms. The fraction of sp³-hybridized carbons (Fsp3) is 0.400. The molecule has 0 aliphatic carbocycles. The molecule has 0 saturated carbocycles. The first kappa shape index (κ1) is 9.65. The summed E-state index contributed by atoms with van der Waals surface area (Å²) in [7, 11) is 0. The lowest BCUT2D eigenvalue weighted by Gasteiger charge is -2.08. The molecule has 0 atom stereocenters. The van der Waals surface area contributed by atoms with Gasteiger partial charge in [0.2, 0.25) is 6.79 Å². The van der Waals surface area contributed by atoms with Crippen LogP contribution < -0.4 is 14.2 Å². The van der Waals surface area contributed by atoms with Crippen molar-refractivity contribution in [3.8, 4) is 17.2 Å². The average molecular weight is 259 g/mol. The van der Waals surface area contributed by atoms with Crippen LogP contribution in [0.3, 0.4) is 0 Å². The second-order valence-corrected chi connectivity index (χ2v) is 3.44. The maximum atomic E-state index is 5.49. The Balaban J connectivity index is 2.38. The van der Waals surface area contributed by atoms with E-state index in [1.54, 1.807) is 0 Å². The van der Waals surface area contributed by atoms with Gasteiger partial charge >= 0.3 is 0 Å². The fourth-order valence-electron chi connectivity index (χ4n) is 1.36. The number of hydrogen-bond acceptors (Lipinski definition) is 3. The molecule has 1 aliphatic rings. The molecule has 0 saturated heterocycles. The highest BCUT2D eigenvalue weighted by Crippen LogP contribution is 2.38. The third-order valence-corrected chi connectivity index (χ3v) is 2.60. The number of rotatable bonds is 3. The van der Waals surface area contributed by atoms with Crippen LogP contribution in [-0.4, -0.2) is 13.4 Å². The molecule has 4 heteroatoms. The van der Waals surface area contributed by atoms with Crippen LogP contribution in [0.5, 0.6) is 17.2 Å². The zero-order valence-corrected chi connectivity index (χ0v) is 9.46. The Kier molecular flexibility index (Phi) is 2.82. The highest BCUT2D eigenvalue weighted by Gasteiger charge is 2.17. The van der Waals surface area contributed by atoms with Crippen molar-refractivity contribution in [1.29, 1.82) is 0 Å². The van der Waals surface area contributed by atoms with E-state index < -0.39 is 0 Å². The highest BCUT2D eigenvalue weighted by atomic mass is 79.9. The monoisotopic (exact) mass is 258 g/mol. The zero-order valence-electron chi connectivity index (χ0n) is 7.88. The molecule has 0 aromatic heterocycles. The van der Waals surface area contributed by atoms with Crippen molar-refractivity contribution >= 4 is 15.9 Å². The molecule has 2 rings (SSSR count). The SMILES string of the molecule is CCOc1cc2c(cc1CBr)OCO2. The number of alkyl halides is 1. The minimum atomic E-state index is 0.298. The minimum Gasteiger partial charge on any atom is -0.493 e. The number of halogens is 1. The average Bonchev–Trinajstić information content (AvgIpc) is 2.64. The Morgan fingerprint density at radius 3 is 2.71 bits per heavy atom. The van der Waals surface area contributed by atoms with E-state index in [0.717, 1.165) is 28.1 Å². The molecule has 3 nitrogen and oxygen atoms in total. The molecule has 0 amide bonds. The van der Waals surface area contributed by atoms with Crippen LogP contribution in [0.25, 0.3) is 0 Å². The van der Waals surface area contributed by atoms with E-state index in [2.05, 4.69) is 15.9 Å². The van der Waals surface area contributed by atoms with E-state index in [0.29, 0.717) is 13.4 Å². The van der Waals surface area contributed by atoms with Gasteiger partial charge in [-0.25, -0.2) is 0 Å². The van der Waals surface area contributed by atoms with Crippen LogP contribution in [0.15, 0.2) is 12.1 Å². The Morgan fingerprint density at radius 2 is 2.07 bits per heavy atom. The maximum Gasteiger partial charge on any atom is 0.231 e. The number of ether oxygens (including phenoxy) is 3. The molecule has 1 aliphatic heterocycles. The van der Waals surface area contributed by atoms with E-state index in [9.17, 15) is 0 Å². The Morgan fingerprint density at radius 1 is 1.36 bits per heavy atom. The lowest BCUT2D eigenvalue weighted by atomic mass is 10.2. The van der Waals surface area contributed by atoms with Gasteiger partial charge in [-0.1, -0.05) is 15.9 Å². The van der Waals surface area contributed by atoms with E-state index in [1.165, 1.54) is 0 Å². The molecule has 0 unspecified atom stereocenters. The Labute approximate surface area is 91.1 Å². The summed E-state index contributed by atoms with van der Waals surface area (Å²) in [6.45, 7) is 2.91. The normalized spacial score (nSPS) is 13.0. The molecule has 0 bridgehead atoms. The Hall–Kier alpha value is -0.900. The third-order valence-electron chi connectivity index (χ3n) is 2.00. The molecule has 1 heterocycles. The molecule has 0 radical (unpaired) electrons. The van der Waals surface area contributed by atoms with Crippen LogP contribution >= 0.6 is 15.9 Å². The smallest absolute Gasteiger partial charge is 0.231 e. The third kappa shape index (κ3) is 1.66. The lowest BCUT2D eigenvalue weighted by molar-refractivity contribution is 0.174. The van der Waals surface area contributed by atoms with Crippen molar-refractivity contribution < 1.29 is 14.2 Å². The van der Waals surface area contributed by atoms with E-state index >= 15 is 0 Å². The summed E-state index contributed by atoms with van der Waals surface area (Å²) in [5.41, 5.74) is 1.08. The van der Waals surface area contributed by atoms with Gasteiger partial charge < -0.3 is 14.2 Å². The summed E-state index contributed by atoms with van der Waals surface area (Å²) < 4.78 is 16.0. The predicted octanol–water partition coefficient (Wildman–Crippen LogP) is 2.71. The first-order valence-corrected chi connectivity index (χ1v) is 5.58. The van der Waals surface area contributed by atoms with E-state index in [4.69, 9.17) is 14.2 Å². The predicted molar refractivity (Wildman–Crippen MR) is 56.4 cm³/mol. The number of benzene rings is 1. The number of hydrogen-bond donors (Lipinski definition) is 0. The van der Waals surface area contributed by atoms with Gasteiger partial charge in [0.1, 0.15) is 5.75 Å². The van der Waals surface area contributed by atoms with Crippen LogP contribution in [0, 0.1) is 0 Å².